The minimum absolute atomic E-state index is 0.000701. The van der Waals surface area contributed by atoms with E-state index < -0.39 is 5.54 Å². The summed E-state index contributed by atoms with van der Waals surface area (Å²) in [7, 11) is 0. The van der Waals surface area contributed by atoms with Gasteiger partial charge in [-0.25, -0.2) is 5.01 Å². The second kappa shape index (κ2) is 5.44. The molecule has 7 rings (SSSR count). The maximum absolute atomic E-state index is 13.4. The third kappa shape index (κ3) is 2.14. The fraction of sp³-hybridized carbons (Fsp3) is 0.542. The van der Waals surface area contributed by atoms with Crippen molar-refractivity contribution >= 4 is 34.0 Å². The Labute approximate surface area is 171 Å². The topological polar surface area (TPSA) is 23.6 Å². The first-order valence-electron chi connectivity index (χ1n) is 10.7. The summed E-state index contributed by atoms with van der Waals surface area (Å²) in [6, 6.07) is 15.2. The number of fused-ring (bicyclic) bond motifs is 1. The average molecular weight is 395 g/mol. The summed E-state index contributed by atoms with van der Waals surface area (Å²) >= 11 is 6.97. The van der Waals surface area contributed by atoms with Crippen molar-refractivity contribution in [2.24, 2.45) is 17.8 Å². The van der Waals surface area contributed by atoms with E-state index in [9.17, 15) is 4.79 Å². The molecule has 5 aliphatic rings. The normalized spacial score (nSPS) is 38.2. The van der Waals surface area contributed by atoms with Crippen molar-refractivity contribution in [1.82, 2.24) is 5.01 Å². The summed E-state index contributed by atoms with van der Waals surface area (Å²) in [5, 5.41) is 6.87. The van der Waals surface area contributed by atoms with Crippen LogP contribution in [0.2, 0.25) is 0 Å². The number of hydrogen-bond donors (Lipinski definition) is 0. The quantitative estimate of drug-likeness (QED) is 0.639. The van der Waals surface area contributed by atoms with Crippen LogP contribution in [0.15, 0.2) is 42.5 Å². The van der Waals surface area contributed by atoms with Crippen molar-refractivity contribution in [3.63, 3.8) is 0 Å². The molecule has 4 heteroatoms. The van der Waals surface area contributed by atoms with Gasteiger partial charge < -0.3 is 0 Å². The zero-order valence-corrected chi connectivity index (χ0v) is 17.3. The van der Waals surface area contributed by atoms with Gasteiger partial charge >= 0.3 is 0 Å². The van der Waals surface area contributed by atoms with Gasteiger partial charge in [0.2, 0.25) is 0 Å². The van der Waals surface area contributed by atoms with Crippen molar-refractivity contribution in [3.8, 4) is 0 Å². The van der Waals surface area contributed by atoms with E-state index in [4.69, 9.17) is 11.6 Å². The number of alkyl halides is 1. The predicted octanol–water partition coefficient (Wildman–Crippen LogP) is 5.37. The Morgan fingerprint density at radius 2 is 1.64 bits per heavy atom. The Kier molecular flexibility index (Phi) is 3.33. The molecule has 2 aromatic carbocycles. The number of hydrogen-bond acceptors (Lipinski definition) is 2. The van der Waals surface area contributed by atoms with Gasteiger partial charge in [-0.3, -0.25) is 9.80 Å². The zero-order chi connectivity index (χ0) is 19.3. The van der Waals surface area contributed by atoms with Gasteiger partial charge in [-0.05, 0) is 75.2 Å². The Bertz CT molecular complexity index is 964. The highest BCUT2D eigenvalue weighted by Gasteiger charge is 2.63. The van der Waals surface area contributed by atoms with Gasteiger partial charge in [0, 0.05) is 10.3 Å². The van der Waals surface area contributed by atoms with Crippen LogP contribution in [-0.4, -0.2) is 27.4 Å². The van der Waals surface area contributed by atoms with Crippen LogP contribution < -0.4 is 5.01 Å². The number of rotatable bonds is 2. The second-order valence-electron chi connectivity index (χ2n) is 10.1. The van der Waals surface area contributed by atoms with E-state index in [1.165, 1.54) is 30.0 Å². The maximum Gasteiger partial charge on any atom is 0.268 e. The van der Waals surface area contributed by atoms with Crippen molar-refractivity contribution in [3.05, 3.63) is 42.5 Å². The van der Waals surface area contributed by atoms with E-state index in [0.29, 0.717) is 17.9 Å². The van der Waals surface area contributed by atoms with E-state index in [1.54, 1.807) is 0 Å². The van der Waals surface area contributed by atoms with Gasteiger partial charge in [-0.2, -0.15) is 0 Å². The van der Waals surface area contributed by atoms with Crippen LogP contribution in [0, 0.1) is 17.8 Å². The van der Waals surface area contributed by atoms with Crippen LogP contribution in [0.3, 0.4) is 0 Å². The fourth-order valence-corrected chi connectivity index (χ4v) is 7.68. The van der Waals surface area contributed by atoms with E-state index in [-0.39, 0.29) is 10.8 Å². The third-order valence-corrected chi connectivity index (χ3v) is 8.37. The highest BCUT2D eigenvalue weighted by atomic mass is 35.5. The molecule has 146 valence electrons. The number of carbonyl (C=O) groups excluding carboxylic acids is 1. The minimum atomic E-state index is -0.503. The molecule has 5 fully saturated rings. The molecular formula is C24H27ClN2O. The molecule has 3 nitrogen and oxygen atoms in total. The maximum atomic E-state index is 13.4. The van der Waals surface area contributed by atoms with E-state index in [2.05, 4.69) is 66.3 Å². The molecule has 1 aliphatic heterocycles. The smallest absolute Gasteiger partial charge is 0.268 e. The van der Waals surface area contributed by atoms with Crippen LogP contribution in [0.25, 0.3) is 10.8 Å². The molecule has 0 aromatic heterocycles. The molecule has 28 heavy (non-hydrogen) atoms. The molecule has 2 unspecified atom stereocenters. The van der Waals surface area contributed by atoms with Crippen LogP contribution in [0.5, 0.6) is 0 Å². The molecule has 4 saturated carbocycles. The SMILES string of the molecule is CC1(C)C(=O)N([C@H]2C3CC4CC2C[C@](Cl)(C4)C3)N1c1cccc2ccccc12. The predicted molar refractivity (Wildman–Crippen MR) is 113 cm³/mol. The third-order valence-electron chi connectivity index (χ3n) is 7.90. The van der Waals surface area contributed by atoms with Crippen LogP contribution in [-0.2, 0) is 4.79 Å². The van der Waals surface area contributed by atoms with Gasteiger partial charge in [-0.1, -0.05) is 36.4 Å². The summed E-state index contributed by atoms with van der Waals surface area (Å²) < 4.78 is 0. The lowest BCUT2D eigenvalue weighted by Gasteiger charge is -2.67. The zero-order valence-electron chi connectivity index (χ0n) is 16.6. The van der Waals surface area contributed by atoms with Crippen LogP contribution >= 0.6 is 11.6 Å². The number of hydrazine groups is 1. The molecule has 1 amide bonds. The summed E-state index contributed by atoms with van der Waals surface area (Å²) in [6.07, 6.45) is 5.80. The summed E-state index contributed by atoms with van der Waals surface area (Å²) in [4.78, 5) is 13.4. The van der Waals surface area contributed by atoms with Crippen molar-refractivity contribution < 1.29 is 4.79 Å². The van der Waals surface area contributed by atoms with Gasteiger partial charge in [0.1, 0.15) is 5.54 Å². The van der Waals surface area contributed by atoms with E-state index in [1.807, 2.05) is 0 Å². The lowest BCUT2D eigenvalue weighted by molar-refractivity contribution is -0.169. The van der Waals surface area contributed by atoms with Crippen molar-refractivity contribution in [1.29, 1.82) is 0 Å². The van der Waals surface area contributed by atoms with E-state index >= 15 is 0 Å². The number of halogens is 1. The monoisotopic (exact) mass is 394 g/mol. The number of amides is 1. The summed E-state index contributed by atoms with van der Waals surface area (Å²) in [6.45, 7) is 4.12. The molecule has 2 atom stereocenters. The average Bonchev–Trinajstić information content (AvgIpc) is 2.65. The minimum Gasteiger partial charge on any atom is -0.270 e. The first-order chi connectivity index (χ1) is 13.4. The molecule has 1 saturated heterocycles. The Morgan fingerprint density at radius 3 is 2.36 bits per heavy atom. The largest absolute Gasteiger partial charge is 0.270 e. The van der Waals surface area contributed by atoms with Gasteiger partial charge in [0.25, 0.3) is 5.91 Å². The lowest BCUT2D eigenvalue weighted by Crippen LogP contribution is -2.80. The Hall–Kier alpha value is -1.74. The number of anilines is 1. The highest BCUT2D eigenvalue weighted by Crippen LogP contribution is 2.61. The van der Waals surface area contributed by atoms with Gasteiger partial charge in [0.15, 0.2) is 0 Å². The number of benzene rings is 2. The molecule has 4 aliphatic carbocycles. The summed E-state index contributed by atoms with van der Waals surface area (Å²) in [5.41, 5.74) is 0.648. The molecule has 0 radical (unpaired) electrons. The Balaban J connectivity index is 1.44. The first kappa shape index (κ1) is 17.1. The molecular weight excluding hydrogens is 368 g/mol. The van der Waals surface area contributed by atoms with Crippen LogP contribution in [0.4, 0.5) is 5.69 Å². The highest BCUT2D eigenvalue weighted by molar-refractivity contribution is 6.24. The van der Waals surface area contributed by atoms with Crippen LogP contribution in [0.1, 0.15) is 46.0 Å². The molecule has 0 N–H and O–H groups in total. The molecule has 1 heterocycles. The Morgan fingerprint density at radius 1 is 0.964 bits per heavy atom. The standard InChI is InChI=1S/C24H27ClN2O/c1-23(2)22(28)26(21-17-10-15-11-18(21)14-24(25,12-15)13-17)27(23)20-9-5-7-16-6-3-4-8-19(16)20/h3-9,15,17-18,21H,10-14H2,1-2H3/t15?,17?,18?,21-,24-. The number of nitrogens with zero attached hydrogens (tertiary/aromatic N) is 2. The van der Waals surface area contributed by atoms with Gasteiger partial charge in [0.05, 0.1) is 11.7 Å². The molecule has 2 aromatic rings. The second-order valence-corrected chi connectivity index (χ2v) is 10.9. The fourth-order valence-electron chi connectivity index (χ4n) is 7.06. The van der Waals surface area contributed by atoms with Crippen molar-refractivity contribution in [2.45, 2.75) is 62.4 Å². The number of carbonyl (C=O) groups is 1. The molecule has 0 spiro atoms. The summed E-state index contributed by atoms with van der Waals surface area (Å²) in [5.74, 6) is 2.12. The van der Waals surface area contributed by atoms with Crippen molar-refractivity contribution in [2.75, 3.05) is 5.01 Å². The molecule has 4 bridgehead atoms. The van der Waals surface area contributed by atoms with E-state index in [0.717, 1.165) is 24.4 Å². The lowest BCUT2D eigenvalue weighted by atomic mass is 9.53. The first-order valence-corrected chi connectivity index (χ1v) is 11.1. The van der Waals surface area contributed by atoms with Gasteiger partial charge in [-0.15, -0.1) is 11.6 Å².